The molecule has 0 aliphatic rings. The van der Waals surface area contributed by atoms with Crippen LogP contribution >= 0.6 is 11.6 Å². The predicted octanol–water partition coefficient (Wildman–Crippen LogP) is 5.03. The van der Waals surface area contributed by atoms with E-state index in [1.54, 1.807) is 31.2 Å². The fourth-order valence-corrected chi connectivity index (χ4v) is 2.65. The Morgan fingerprint density at radius 3 is 2.38 bits per heavy atom. The van der Waals surface area contributed by atoms with Gasteiger partial charge in [-0.3, -0.25) is 4.79 Å². The van der Waals surface area contributed by atoms with Crippen molar-refractivity contribution in [2.75, 3.05) is 11.9 Å². The first-order valence-corrected chi connectivity index (χ1v) is 8.96. The average molecular weight is 372 g/mol. The number of hydrogen-bond donors (Lipinski definition) is 1. The second-order valence-corrected chi connectivity index (χ2v) is 6.09. The third-order valence-corrected chi connectivity index (χ3v) is 4.06. The molecule has 2 aromatic rings. The highest BCUT2D eigenvalue weighted by Crippen LogP contribution is 2.20. The van der Waals surface area contributed by atoms with Crippen molar-refractivity contribution >= 4 is 29.0 Å². The maximum atomic E-state index is 12.7. The fourth-order valence-electron chi connectivity index (χ4n) is 2.43. The van der Waals surface area contributed by atoms with Crippen LogP contribution in [0.15, 0.2) is 60.3 Å². The largest absolute Gasteiger partial charge is 0.462 e. The van der Waals surface area contributed by atoms with E-state index >= 15 is 0 Å². The average Bonchev–Trinajstić information content (AvgIpc) is 2.64. The monoisotopic (exact) mass is 371 g/mol. The van der Waals surface area contributed by atoms with Gasteiger partial charge in [0.25, 0.3) is 0 Å². The number of halogens is 1. The molecule has 0 aromatic heterocycles. The molecule has 0 heterocycles. The summed E-state index contributed by atoms with van der Waals surface area (Å²) in [6, 6.07) is 14.5. The number of carbonyl (C=O) groups excluding carboxylic acids is 2. The Labute approximate surface area is 158 Å². The van der Waals surface area contributed by atoms with Crippen LogP contribution in [0.3, 0.4) is 0 Å². The second kappa shape index (κ2) is 9.78. The van der Waals surface area contributed by atoms with Gasteiger partial charge in [0.15, 0.2) is 0 Å². The van der Waals surface area contributed by atoms with E-state index in [-0.39, 0.29) is 22.8 Å². The highest BCUT2D eigenvalue weighted by Gasteiger charge is 2.22. The number of hydrogen-bond acceptors (Lipinski definition) is 4. The topological polar surface area (TPSA) is 55.4 Å². The van der Waals surface area contributed by atoms with E-state index in [1.807, 2.05) is 24.3 Å². The summed E-state index contributed by atoms with van der Waals surface area (Å²) in [5.74, 6) is -1.17. The number of rotatable bonds is 8. The molecular weight excluding hydrogens is 350 g/mol. The van der Waals surface area contributed by atoms with Crippen molar-refractivity contribution in [3.63, 3.8) is 0 Å². The van der Waals surface area contributed by atoms with E-state index in [0.717, 1.165) is 18.5 Å². The fraction of sp³-hybridized carbons (Fsp3) is 0.238. The lowest BCUT2D eigenvalue weighted by atomic mass is 10.0. The normalized spacial score (nSPS) is 11.1. The molecule has 136 valence electrons. The minimum Gasteiger partial charge on any atom is -0.462 e. The SMILES string of the molecule is CCCc1ccc(N/C=C(\C(=O)OCC)C(=O)c2ccccc2Cl)cc1. The lowest BCUT2D eigenvalue weighted by Gasteiger charge is -2.09. The Morgan fingerprint density at radius 2 is 1.77 bits per heavy atom. The van der Waals surface area contributed by atoms with E-state index in [2.05, 4.69) is 12.2 Å². The van der Waals surface area contributed by atoms with Gasteiger partial charge in [0, 0.05) is 17.5 Å². The zero-order chi connectivity index (χ0) is 18.9. The molecule has 5 heteroatoms. The summed E-state index contributed by atoms with van der Waals surface area (Å²) < 4.78 is 5.01. The van der Waals surface area contributed by atoms with E-state index in [1.165, 1.54) is 11.8 Å². The smallest absolute Gasteiger partial charge is 0.343 e. The lowest BCUT2D eigenvalue weighted by molar-refractivity contribution is -0.138. The number of esters is 1. The number of benzene rings is 2. The molecule has 0 atom stereocenters. The summed E-state index contributed by atoms with van der Waals surface area (Å²) in [5.41, 5.74) is 2.17. The Hall–Kier alpha value is -2.59. The van der Waals surface area contributed by atoms with Crippen LogP contribution in [0, 0.1) is 0 Å². The summed E-state index contributed by atoms with van der Waals surface area (Å²) in [5, 5.41) is 3.29. The highest BCUT2D eigenvalue weighted by molar-refractivity contribution is 6.36. The molecule has 0 fully saturated rings. The molecule has 2 rings (SSSR count). The Balaban J connectivity index is 2.26. The third kappa shape index (κ3) is 5.20. The summed E-state index contributed by atoms with van der Waals surface area (Å²) in [4.78, 5) is 25.0. The molecule has 26 heavy (non-hydrogen) atoms. The summed E-state index contributed by atoms with van der Waals surface area (Å²) in [6.45, 7) is 3.99. The van der Waals surface area contributed by atoms with Crippen molar-refractivity contribution in [2.24, 2.45) is 0 Å². The molecule has 0 amide bonds. The number of ether oxygens (including phenoxy) is 1. The molecule has 0 aliphatic carbocycles. The second-order valence-electron chi connectivity index (χ2n) is 5.68. The van der Waals surface area contributed by atoms with Crippen LogP contribution in [-0.2, 0) is 16.0 Å². The van der Waals surface area contributed by atoms with E-state index in [4.69, 9.17) is 16.3 Å². The van der Waals surface area contributed by atoms with Crippen LogP contribution in [0.25, 0.3) is 0 Å². The van der Waals surface area contributed by atoms with E-state index in [0.29, 0.717) is 0 Å². The van der Waals surface area contributed by atoms with Gasteiger partial charge < -0.3 is 10.1 Å². The van der Waals surface area contributed by atoms with Crippen molar-refractivity contribution in [3.8, 4) is 0 Å². The predicted molar refractivity (Wildman–Crippen MR) is 105 cm³/mol. The van der Waals surface area contributed by atoms with Crippen molar-refractivity contribution < 1.29 is 14.3 Å². The highest BCUT2D eigenvalue weighted by atomic mass is 35.5. The molecule has 1 N–H and O–H groups in total. The number of nitrogens with one attached hydrogen (secondary N) is 1. The van der Waals surface area contributed by atoms with Crippen LogP contribution in [0.5, 0.6) is 0 Å². The lowest BCUT2D eigenvalue weighted by Crippen LogP contribution is -2.18. The number of ketones is 1. The van der Waals surface area contributed by atoms with Gasteiger partial charge in [0.1, 0.15) is 5.57 Å². The van der Waals surface area contributed by atoms with Crippen LogP contribution in [0.4, 0.5) is 5.69 Å². The molecule has 2 aromatic carbocycles. The minimum atomic E-state index is -0.687. The first-order valence-electron chi connectivity index (χ1n) is 8.58. The van der Waals surface area contributed by atoms with Crippen LogP contribution in [0.2, 0.25) is 5.02 Å². The number of Topliss-reactive ketones (excluding diaryl/α,β-unsaturated/α-hetero) is 1. The van der Waals surface area contributed by atoms with Gasteiger partial charge in [-0.2, -0.15) is 0 Å². The van der Waals surface area contributed by atoms with E-state index < -0.39 is 11.8 Å². The van der Waals surface area contributed by atoms with Crippen molar-refractivity contribution in [1.82, 2.24) is 0 Å². The van der Waals surface area contributed by atoms with Crippen molar-refractivity contribution in [2.45, 2.75) is 26.7 Å². The molecule has 0 saturated carbocycles. The van der Waals surface area contributed by atoms with Crippen molar-refractivity contribution in [1.29, 1.82) is 0 Å². The van der Waals surface area contributed by atoms with Crippen LogP contribution in [-0.4, -0.2) is 18.4 Å². The van der Waals surface area contributed by atoms with E-state index in [9.17, 15) is 9.59 Å². The Morgan fingerprint density at radius 1 is 1.08 bits per heavy atom. The quantitative estimate of drug-likeness (QED) is 0.232. The van der Waals surface area contributed by atoms with Gasteiger partial charge in [-0.25, -0.2) is 4.79 Å². The first kappa shape index (κ1) is 19.7. The zero-order valence-corrected chi connectivity index (χ0v) is 15.7. The van der Waals surface area contributed by atoms with Crippen molar-refractivity contribution in [3.05, 3.63) is 76.5 Å². The summed E-state index contributed by atoms with van der Waals surface area (Å²) in [7, 11) is 0. The van der Waals surface area contributed by atoms with Gasteiger partial charge in [-0.1, -0.05) is 49.2 Å². The van der Waals surface area contributed by atoms with Gasteiger partial charge in [-0.05, 0) is 43.2 Å². The summed E-state index contributed by atoms with van der Waals surface area (Å²) >= 11 is 6.09. The summed E-state index contributed by atoms with van der Waals surface area (Å²) in [6.07, 6.45) is 3.46. The molecule has 0 saturated heterocycles. The third-order valence-electron chi connectivity index (χ3n) is 3.73. The molecule has 4 nitrogen and oxygen atoms in total. The number of anilines is 1. The van der Waals surface area contributed by atoms with Gasteiger partial charge in [0.2, 0.25) is 5.78 Å². The molecular formula is C21H22ClNO3. The molecule has 0 bridgehead atoms. The molecule has 0 aliphatic heterocycles. The molecule has 0 spiro atoms. The maximum Gasteiger partial charge on any atom is 0.343 e. The van der Waals surface area contributed by atoms with Gasteiger partial charge in [0.05, 0.1) is 11.6 Å². The standard InChI is InChI=1S/C21H22ClNO3/c1-3-7-15-10-12-16(13-11-15)23-14-18(21(25)26-4-2)20(24)17-8-5-6-9-19(17)22/h5-6,8-14,23H,3-4,7H2,1-2H3/b18-14-. The first-order chi connectivity index (χ1) is 12.6. The van der Waals surface area contributed by atoms with Gasteiger partial charge in [-0.15, -0.1) is 0 Å². The van der Waals surface area contributed by atoms with Crippen LogP contribution < -0.4 is 5.32 Å². The molecule has 0 unspecified atom stereocenters. The maximum absolute atomic E-state index is 12.7. The Kier molecular flexibility index (Phi) is 7.42. The minimum absolute atomic E-state index is 0.0995. The number of carbonyl (C=O) groups is 2. The number of aryl methyl sites for hydroxylation is 1. The Bertz CT molecular complexity index is 797. The molecule has 0 radical (unpaired) electrons. The van der Waals surface area contributed by atoms with Gasteiger partial charge >= 0.3 is 5.97 Å². The zero-order valence-electron chi connectivity index (χ0n) is 14.9. The van der Waals surface area contributed by atoms with Crippen LogP contribution in [0.1, 0.15) is 36.2 Å².